The van der Waals surface area contributed by atoms with E-state index in [1.807, 2.05) is 0 Å². The highest BCUT2D eigenvalue weighted by Gasteiger charge is 2.44. The lowest BCUT2D eigenvalue weighted by atomic mass is 10.1. The van der Waals surface area contributed by atoms with Crippen molar-refractivity contribution in [3.8, 4) is 11.6 Å². The van der Waals surface area contributed by atoms with Gasteiger partial charge in [0.15, 0.2) is 11.6 Å². The molecule has 0 radical (unpaired) electrons. The minimum absolute atomic E-state index is 0.0330. The number of hydrogen-bond acceptors (Lipinski definition) is 5. The van der Waals surface area contributed by atoms with Crippen molar-refractivity contribution in [2.24, 2.45) is 0 Å². The van der Waals surface area contributed by atoms with Gasteiger partial charge in [-0.3, -0.25) is 0 Å². The number of esters is 1. The van der Waals surface area contributed by atoms with E-state index in [-0.39, 0.29) is 22.7 Å². The molecule has 1 aliphatic rings. The van der Waals surface area contributed by atoms with E-state index in [9.17, 15) is 31.1 Å². The van der Waals surface area contributed by atoms with E-state index in [0.717, 1.165) is 12.1 Å². The van der Waals surface area contributed by atoms with Crippen molar-refractivity contribution in [1.29, 1.82) is 0 Å². The molecule has 6 nitrogen and oxygen atoms in total. The zero-order valence-corrected chi connectivity index (χ0v) is 18.5. The maximum absolute atomic E-state index is 13.8. The smallest absolute Gasteiger partial charge is 0.416 e. The number of hydrogen-bond donors (Lipinski definition) is 0. The molecule has 1 aromatic carbocycles. The van der Waals surface area contributed by atoms with Gasteiger partial charge in [0.25, 0.3) is 5.92 Å². The summed E-state index contributed by atoms with van der Waals surface area (Å²) in [7, 11) is 1.22. The monoisotopic (exact) mass is 499 g/mol. The highest BCUT2D eigenvalue weighted by Crippen LogP contribution is 2.36. The molecule has 0 N–H and O–H groups in total. The SMILES string of the molecule is COC(=O)c1cc(C)n(-c2ncc(N3CC(F)(F)C3)cc2OCc2cc(F)cc(C(F)(F)F)c2)c1. The lowest BCUT2D eigenvalue weighted by Gasteiger charge is -2.40. The zero-order chi connectivity index (χ0) is 25.5. The number of benzene rings is 1. The lowest BCUT2D eigenvalue weighted by Crippen LogP contribution is -2.56. The molecule has 0 spiro atoms. The molecule has 186 valence electrons. The number of carbonyl (C=O) groups is 1. The van der Waals surface area contributed by atoms with Gasteiger partial charge >= 0.3 is 12.1 Å². The molecule has 1 saturated heterocycles. The molecule has 1 aliphatic heterocycles. The van der Waals surface area contributed by atoms with Crippen LogP contribution in [0, 0.1) is 12.7 Å². The fraction of sp³-hybridized carbons (Fsp3) is 0.304. The van der Waals surface area contributed by atoms with Crippen molar-refractivity contribution in [3.05, 3.63) is 70.9 Å². The van der Waals surface area contributed by atoms with Gasteiger partial charge in [0.2, 0.25) is 0 Å². The number of rotatable bonds is 6. The van der Waals surface area contributed by atoms with Gasteiger partial charge in [-0.2, -0.15) is 13.2 Å². The maximum Gasteiger partial charge on any atom is 0.416 e. The number of aromatic nitrogens is 2. The van der Waals surface area contributed by atoms with Crippen LogP contribution in [0.25, 0.3) is 5.82 Å². The van der Waals surface area contributed by atoms with Crippen LogP contribution in [0.2, 0.25) is 0 Å². The average Bonchev–Trinajstić information content (AvgIpc) is 3.15. The van der Waals surface area contributed by atoms with E-state index in [2.05, 4.69) is 4.98 Å². The third kappa shape index (κ3) is 5.20. The molecule has 3 aromatic rings. The van der Waals surface area contributed by atoms with Crippen LogP contribution >= 0.6 is 0 Å². The average molecular weight is 499 g/mol. The molecular formula is C23H19F6N3O3. The Kier molecular flexibility index (Phi) is 6.16. The molecule has 0 amide bonds. The van der Waals surface area contributed by atoms with Gasteiger partial charge in [-0.1, -0.05) is 0 Å². The molecule has 1 fully saturated rings. The van der Waals surface area contributed by atoms with E-state index < -0.39 is 49.1 Å². The molecule has 0 bridgehead atoms. The summed E-state index contributed by atoms with van der Waals surface area (Å²) in [6.07, 6.45) is -1.98. The van der Waals surface area contributed by atoms with E-state index in [1.54, 1.807) is 6.92 Å². The minimum Gasteiger partial charge on any atom is -0.485 e. The molecule has 0 aliphatic carbocycles. The van der Waals surface area contributed by atoms with Crippen LogP contribution in [0.1, 0.15) is 27.2 Å². The summed E-state index contributed by atoms with van der Waals surface area (Å²) in [5.74, 6) is -4.35. The Morgan fingerprint density at radius 3 is 2.49 bits per heavy atom. The van der Waals surface area contributed by atoms with Gasteiger partial charge in [-0.05, 0) is 36.8 Å². The molecular weight excluding hydrogens is 480 g/mol. The van der Waals surface area contributed by atoms with Gasteiger partial charge in [-0.25, -0.2) is 22.9 Å². The first-order chi connectivity index (χ1) is 16.4. The highest BCUT2D eigenvalue weighted by molar-refractivity contribution is 5.89. The van der Waals surface area contributed by atoms with Gasteiger partial charge < -0.3 is 18.9 Å². The van der Waals surface area contributed by atoms with Crippen LogP contribution in [0.3, 0.4) is 0 Å². The summed E-state index contributed by atoms with van der Waals surface area (Å²) in [5, 5.41) is 0. The standard InChI is InChI=1S/C23H19F6N3O3/c1-13-3-15(21(33)34-2)9-32(13)20-19(7-18(8-30-20)31-11-22(25,26)12-31)35-10-14-4-16(23(27,28)29)6-17(24)5-14/h3-9H,10-12H2,1-2H3. The number of alkyl halides is 5. The summed E-state index contributed by atoms with van der Waals surface area (Å²) in [6, 6.07) is 4.98. The first-order valence-corrected chi connectivity index (χ1v) is 10.3. The number of carbonyl (C=O) groups excluding carboxylic acids is 1. The summed E-state index contributed by atoms with van der Waals surface area (Å²) >= 11 is 0. The van der Waals surface area contributed by atoms with Crippen LogP contribution in [0.4, 0.5) is 32.0 Å². The quantitative estimate of drug-likeness (QED) is 0.347. The largest absolute Gasteiger partial charge is 0.485 e. The van der Waals surface area contributed by atoms with Crippen molar-refractivity contribution in [2.45, 2.75) is 25.6 Å². The fourth-order valence-electron chi connectivity index (χ4n) is 3.67. The number of nitrogens with zero attached hydrogens (tertiary/aromatic N) is 3. The first-order valence-electron chi connectivity index (χ1n) is 10.3. The maximum atomic E-state index is 13.8. The lowest BCUT2D eigenvalue weighted by molar-refractivity contribution is -0.137. The third-order valence-electron chi connectivity index (χ3n) is 5.37. The molecule has 3 heterocycles. The van der Waals surface area contributed by atoms with Gasteiger partial charge in [-0.15, -0.1) is 0 Å². The fourth-order valence-corrected chi connectivity index (χ4v) is 3.67. The van der Waals surface area contributed by atoms with E-state index in [1.165, 1.54) is 41.1 Å². The summed E-state index contributed by atoms with van der Waals surface area (Å²) in [5.41, 5.74) is -0.193. The normalized spacial score (nSPS) is 15.0. The highest BCUT2D eigenvalue weighted by atomic mass is 19.4. The van der Waals surface area contributed by atoms with Crippen LogP contribution in [0.5, 0.6) is 5.75 Å². The number of ether oxygens (including phenoxy) is 2. The Morgan fingerprint density at radius 2 is 1.86 bits per heavy atom. The Bertz CT molecular complexity index is 1260. The summed E-state index contributed by atoms with van der Waals surface area (Å²) in [6.45, 7) is 0.159. The number of methoxy groups -OCH3 is 1. The third-order valence-corrected chi connectivity index (χ3v) is 5.37. The van der Waals surface area contributed by atoms with Crippen LogP contribution in [-0.2, 0) is 17.5 Å². The second-order valence-electron chi connectivity index (χ2n) is 8.09. The van der Waals surface area contributed by atoms with Crippen molar-refractivity contribution < 1.29 is 40.6 Å². The minimum atomic E-state index is -4.75. The van der Waals surface area contributed by atoms with Crippen molar-refractivity contribution in [3.63, 3.8) is 0 Å². The summed E-state index contributed by atoms with van der Waals surface area (Å²) in [4.78, 5) is 17.6. The van der Waals surface area contributed by atoms with Crippen molar-refractivity contribution in [2.75, 3.05) is 25.1 Å². The molecule has 35 heavy (non-hydrogen) atoms. The number of halogens is 6. The molecule has 0 saturated carbocycles. The second-order valence-corrected chi connectivity index (χ2v) is 8.09. The van der Waals surface area contributed by atoms with Crippen LogP contribution < -0.4 is 9.64 Å². The molecule has 0 unspecified atom stereocenters. The van der Waals surface area contributed by atoms with E-state index in [0.29, 0.717) is 17.4 Å². The van der Waals surface area contributed by atoms with Crippen molar-refractivity contribution >= 4 is 11.7 Å². The Morgan fingerprint density at radius 1 is 1.14 bits per heavy atom. The first kappa shape index (κ1) is 24.4. The van der Waals surface area contributed by atoms with Gasteiger partial charge in [0.1, 0.15) is 12.4 Å². The number of aryl methyl sites for hydroxylation is 1. The van der Waals surface area contributed by atoms with Gasteiger partial charge in [0.05, 0.1) is 43.2 Å². The molecule has 12 heteroatoms. The predicted octanol–water partition coefficient (Wildman–Crippen LogP) is 5.16. The Balaban J connectivity index is 1.69. The predicted molar refractivity (Wildman–Crippen MR) is 113 cm³/mol. The molecule has 2 aromatic heterocycles. The molecule has 0 atom stereocenters. The van der Waals surface area contributed by atoms with Crippen LogP contribution in [0.15, 0.2) is 42.7 Å². The van der Waals surface area contributed by atoms with E-state index >= 15 is 0 Å². The second kappa shape index (κ2) is 8.82. The Hall–Kier alpha value is -3.70. The topological polar surface area (TPSA) is 56.6 Å². The van der Waals surface area contributed by atoms with Crippen molar-refractivity contribution in [1.82, 2.24) is 9.55 Å². The number of pyridine rings is 1. The van der Waals surface area contributed by atoms with Gasteiger partial charge in [0, 0.05) is 18.0 Å². The van der Waals surface area contributed by atoms with E-state index in [4.69, 9.17) is 9.47 Å². The Labute approximate surface area is 195 Å². The number of anilines is 1. The van der Waals surface area contributed by atoms with Crippen LogP contribution in [-0.4, -0.2) is 41.6 Å². The summed E-state index contributed by atoms with van der Waals surface area (Å²) < 4.78 is 91.6. The zero-order valence-electron chi connectivity index (χ0n) is 18.5. The molecule has 4 rings (SSSR count).